The number of esters is 2. The summed E-state index contributed by atoms with van der Waals surface area (Å²) in [6.45, 7) is 9.56. The van der Waals surface area contributed by atoms with Crippen LogP contribution in [0.4, 0.5) is 0 Å². The molecular formula is C20H28O5. The third-order valence-corrected chi connectivity index (χ3v) is 6.76. The molecule has 138 valence electrons. The van der Waals surface area contributed by atoms with Gasteiger partial charge in [-0.1, -0.05) is 19.1 Å². The van der Waals surface area contributed by atoms with Gasteiger partial charge in [0.15, 0.2) is 0 Å². The van der Waals surface area contributed by atoms with Gasteiger partial charge < -0.3 is 14.3 Å². The molecule has 0 saturated heterocycles. The number of rotatable bonds is 4. The van der Waals surface area contributed by atoms with Crippen molar-refractivity contribution in [2.45, 2.75) is 52.6 Å². The Labute approximate surface area is 149 Å². The third-order valence-electron chi connectivity index (χ3n) is 6.76. The number of aldehydes is 1. The van der Waals surface area contributed by atoms with Crippen LogP contribution in [0.25, 0.3) is 0 Å². The summed E-state index contributed by atoms with van der Waals surface area (Å²) < 4.78 is 11.0. The van der Waals surface area contributed by atoms with Gasteiger partial charge in [-0.25, -0.2) is 0 Å². The number of ether oxygens (including phenoxy) is 2. The zero-order valence-electron chi connectivity index (χ0n) is 15.3. The number of carbonyl (C=O) groups is 3. The highest BCUT2D eigenvalue weighted by molar-refractivity contribution is 5.67. The summed E-state index contributed by atoms with van der Waals surface area (Å²) in [5.74, 6) is 0.467. The molecule has 0 aromatic carbocycles. The van der Waals surface area contributed by atoms with Crippen LogP contribution in [0, 0.1) is 35.0 Å². The van der Waals surface area contributed by atoms with E-state index in [9.17, 15) is 14.4 Å². The van der Waals surface area contributed by atoms with Crippen molar-refractivity contribution in [1.29, 1.82) is 0 Å². The fraction of sp³-hybridized carbons (Fsp3) is 0.750. The van der Waals surface area contributed by atoms with Crippen molar-refractivity contribution in [2.75, 3.05) is 6.61 Å². The van der Waals surface area contributed by atoms with Crippen LogP contribution >= 0.6 is 0 Å². The largest absolute Gasteiger partial charge is 0.466 e. The summed E-state index contributed by atoms with van der Waals surface area (Å²) in [5.41, 5.74) is 0.806. The molecule has 0 radical (unpaired) electrons. The Balaban J connectivity index is 1.92. The minimum Gasteiger partial charge on any atom is -0.466 e. The number of hydrogen-bond donors (Lipinski definition) is 0. The highest BCUT2D eigenvalue weighted by atomic mass is 16.5. The van der Waals surface area contributed by atoms with Gasteiger partial charge in [-0.15, -0.1) is 0 Å². The molecule has 7 atom stereocenters. The maximum absolute atomic E-state index is 11.8. The van der Waals surface area contributed by atoms with Gasteiger partial charge in [0.05, 0.1) is 6.61 Å². The maximum Gasteiger partial charge on any atom is 0.302 e. The van der Waals surface area contributed by atoms with E-state index < -0.39 is 0 Å². The van der Waals surface area contributed by atoms with Gasteiger partial charge >= 0.3 is 11.9 Å². The molecule has 3 aliphatic rings. The second-order valence-electron chi connectivity index (χ2n) is 8.20. The summed E-state index contributed by atoms with van der Waals surface area (Å²) in [5, 5.41) is 0. The van der Waals surface area contributed by atoms with Crippen LogP contribution < -0.4 is 0 Å². The van der Waals surface area contributed by atoms with Crippen molar-refractivity contribution >= 4 is 18.2 Å². The van der Waals surface area contributed by atoms with E-state index in [1.54, 1.807) is 0 Å². The van der Waals surface area contributed by atoms with Crippen molar-refractivity contribution in [1.82, 2.24) is 0 Å². The van der Waals surface area contributed by atoms with Crippen molar-refractivity contribution in [3.63, 3.8) is 0 Å². The minimum atomic E-state index is -0.309. The van der Waals surface area contributed by atoms with Crippen LogP contribution in [0.1, 0.15) is 46.5 Å². The maximum atomic E-state index is 11.8. The number of hydrogen-bond acceptors (Lipinski definition) is 5. The molecule has 3 fully saturated rings. The van der Waals surface area contributed by atoms with Crippen LogP contribution in [0.3, 0.4) is 0 Å². The lowest BCUT2D eigenvalue weighted by Crippen LogP contribution is -2.44. The van der Waals surface area contributed by atoms with E-state index in [1.165, 1.54) is 13.8 Å². The van der Waals surface area contributed by atoms with Gasteiger partial charge in [-0.05, 0) is 49.4 Å². The molecule has 0 spiro atoms. The first kappa shape index (κ1) is 18.2. The average molecular weight is 348 g/mol. The zero-order chi connectivity index (χ0) is 18.4. The van der Waals surface area contributed by atoms with Gasteiger partial charge in [0, 0.05) is 25.2 Å². The monoisotopic (exact) mass is 348 g/mol. The Hall–Kier alpha value is -1.65. The molecule has 0 aliphatic heterocycles. The Morgan fingerprint density at radius 1 is 1.24 bits per heavy atom. The third kappa shape index (κ3) is 3.13. The molecule has 0 bridgehead atoms. The summed E-state index contributed by atoms with van der Waals surface area (Å²) in [7, 11) is 0. The quantitative estimate of drug-likeness (QED) is 0.444. The topological polar surface area (TPSA) is 69.7 Å². The highest BCUT2D eigenvalue weighted by Gasteiger charge is 2.68. The molecule has 3 saturated carbocycles. The number of fused-ring (bicyclic) bond motifs is 3. The minimum absolute atomic E-state index is 0.0509. The lowest BCUT2D eigenvalue weighted by molar-refractivity contribution is -0.155. The van der Waals surface area contributed by atoms with E-state index in [2.05, 4.69) is 6.58 Å². The Morgan fingerprint density at radius 3 is 2.56 bits per heavy atom. The summed E-state index contributed by atoms with van der Waals surface area (Å²) >= 11 is 0. The van der Waals surface area contributed by atoms with Crippen molar-refractivity contribution in [2.24, 2.45) is 35.0 Å². The van der Waals surface area contributed by atoms with Gasteiger partial charge in [0.25, 0.3) is 0 Å². The van der Waals surface area contributed by atoms with Gasteiger partial charge in [0.1, 0.15) is 12.4 Å². The first-order valence-corrected chi connectivity index (χ1v) is 9.24. The fourth-order valence-corrected chi connectivity index (χ4v) is 5.62. The molecule has 25 heavy (non-hydrogen) atoms. The molecular weight excluding hydrogens is 320 g/mol. The van der Waals surface area contributed by atoms with E-state index in [4.69, 9.17) is 9.47 Å². The molecule has 0 N–H and O–H groups in total. The molecule has 0 unspecified atom stereocenters. The van der Waals surface area contributed by atoms with Crippen molar-refractivity contribution < 1.29 is 23.9 Å². The smallest absolute Gasteiger partial charge is 0.302 e. The fourth-order valence-electron chi connectivity index (χ4n) is 5.62. The van der Waals surface area contributed by atoms with Crippen LogP contribution in [-0.4, -0.2) is 30.9 Å². The summed E-state index contributed by atoms with van der Waals surface area (Å²) in [4.78, 5) is 34.6. The Morgan fingerprint density at radius 2 is 1.96 bits per heavy atom. The lowest BCUT2D eigenvalue weighted by Gasteiger charge is -2.43. The van der Waals surface area contributed by atoms with E-state index in [0.717, 1.165) is 37.5 Å². The summed E-state index contributed by atoms with van der Waals surface area (Å²) in [6, 6.07) is 0. The summed E-state index contributed by atoms with van der Waals surface area (Å²) in [6.07, 6.45) is 4.33. The molecule has 5 heteroatoms. The Kier molecular flexibility index (Phi) is 4.78. The van der Waals surface area contributed by atoms with E-state index in [-0.39, 0.29) is 47.1 Å². The van der Waals surface area contributed by atoms with Gasteiger partial charge in [-0.2, -0.15) is 0 Å². The van der Waals surface area contributed by atoms with Gasteiger partial charge in [-0.3, -0.25) is 9.59 Å². The second kappa shape index (κ2) is 6.58. The molecule has 3 aliphatic carbocycles. The van der Waals surface area contributed by atoms with E-state index in [1.807, 2.05) is 6.92 Å². The molecule has 5 nitrogen and oxygen atoms in total. The van der Waals surface area contributed by atoms with Crippen LogP contribution in [0.15, 0.2) is 12.2 Å². The van der Waals surface area contributed by atoms with Crippen LogP contribution in [-0.2, 0) is 23.9 Å². The van der Waals surface area contributed by atoms with Crippen molar-refractivity contribution in [3.05, 3.63) is 12.2 Å². The van der Waals surface area contributed by atoms with Crippen LogP contribution in [0.5, 0.6) is 0 Å². The normalized spacial score (nSPS) is 42.4. The molecule has 0 aromatic rings. The average Bonchev–Trinajstić information content (AvgIpc) is 3.18. The first-order valence-electron chi connectivity index (χ1n) is 9.24. The predicted octanol–water partition coefficient (Wildman–Crippen LogP) is 2.92. The first-order chi connectivity index (χ1) is 11.8. The Bertz CT molecular complexity index is 597. The highest BCUT2D eigenvalue weighted by Crippen LogP contribution is 2.69. The molecule has 0 heterocycles. The standard InChI is InChI=1S/C20H28O5/c1-11-5-7-15-19(20(15,4)10-21)18-14(9-24-12(2)22)6-8-16(17(11)18)25-13(3)23/h10,14-19H,1,5-9H2,2-4H3/t14-,15-,16-,17+,18-,19-,20+/m0/s1. The van der Waals surface area contributed by atoms with Crippen molar-refractivity contribution in [3.8, 4) is 0 Å². The van der Waals surface area contributed by atoms with E-state index in [0.29, 0.717) is 12.5 Å². The zero-order valence-corrected chi connectivity index (χ0v) is 15.3. The van der Waals surface area contributed by atoms with E-state index >= 15 is 0 Å². The van der Waals surface area contributed by atoms with Gasteiger partial charge in [0.2, 0.25) is 0 Å². The lowest BCUT2D eigenvalue weighted by atomic mass is 9.65. The molecule has 0 aromatic heterocycles. The number of carbonyl (C=O) groups excluding carboxylic acids is 3. The second-order valence-corrected chi connectivity index (χ2v) is 8.20. The molecule has 3 rings (SSSR count). The van der Waals surface area contributed by atoms with Crippen LogP contribution in [0.2, 0.25) is 0 Å². The predicted molar refractivity (Wildman–Crippen MR) is 91.4 cm³/mol. The molecule has 0 amide bonds. The SMILES string of the molecule is C=C1CC[C@H]2[C@@H]([C@H]3[C@H](COC(C)=O)CC[C@H](OC(C)=O)[C@@H]13)[C@]2(C)C=O.